The van der Waals surface area contributed by atoms with E-state index in [4.69, 9.17) is 4.52 Å². The number of rotatable bonds is 7. The van der Waals surface area contributed by atoms with E-state index >= 15 is 0 Å². The Kier molecular flexibility index (Phi) is 6.34. The summed E-state index contributed by atoms with van der Waals surface area (Å²) in [5.41, 5.74) is 0.832. The summed E-state index contributed by atoms with van der Waals surface area (Å²) in [5, 5.41) is 19.7. The molecule has 2 amide bonds. The molecule has 7 nitrogen and oxygen atoms in total. The molecule has 0 aliphatic heterocycles. The van der Waals surface area contributed by atoms with Crippen LogP contribution < -0.4 is 10.6 Å². The Hall–Kier alpha value is -2.38. The van der Waals surface area contributed by atoms with E-state index in [1.807, 2.05) is 49.3 Å². The van der Waals surface area contributed by atoms with Crippen LogP contribution in [0.2, 0.25) is 0 Å². The third-order valence-electron chi connectivity index (χ3n) is 3.58. The molecule has 0 aliphatic carbocycles. The van der Waals surface area contributed by atoms with Crippen molar-refractivity contribution in [1.29, 1.82) is 0 Å². The van der Waals surface area contributed by atoms with Crippen LogP contribution in [0.5, 0.6) is 0 Å². The first-order valence-corrected chi connectivity index (χ1v) is 7.81. The molecule has 130 valence electrons. The predicted octanol–water partition coefficient (Wildman–Crippen LogP) is 2.02. The second-order valence-corrected chi connectivity index (χ2v) is 6.04. The summed E-state index contributed by atoms with van der Waals surface area (Å²) in [6.07, 6.45) is -0.664. The molecular formula is C17H24N4O3. The number of aliphatic hydroxyl groups is 1. The number of amides is 2. The van der Waals surface area contributed by atoms with Crippen LogP contribution in [-0.2, 0) is 0 Å². The van der Waals surface area contributed by atoms with Crippen molar-refractivity contribution in [2.24, 2.45) is 5.92 Å². The van der Waals surface area contributed by atoms with Gasteiger partial charge in [0, 0.05) is 25.1 Å². The molecule has 0 saturated carbocycles. The average Bonchev–Trinajstić information content (AvgIpc) is 2.96. The second kappa shape index (κ2) is 8.47. The van der Waals surface area contributed by atoms with Crippen LogP contribution in [0.25, 0.3) is 0 Å². The van der Waals surface area contributed by atoms with Gasteiger partial charge in [-0.3, -0.25) is 5.32 Å². The molecule has 0 bridgehead atoms. The number of carbonyl (C=O) groups excluding carboxylic acids is 1. The Labute approximate surface area is 141 Å². The van der Waals surface area contributed by atoms with Gasteiger partial charge in [-0.2, -0.15) is 0 Å². The lowest BCUT2D eigenvalue weighted by Gasteiger charge is -2.26. The highest BCUT2D eigenvalue weighted by molar-refractivity contribution is 5.88. The van der Waals surface area contributed by atoms with E-state index in [0.717, 1.165) is 5.56 Å². The second-order valence-electron chi connectivity index (χ2n) is 6.04. The summed E-state index contributed by atoms with van der Waals surface area (Å²) in [5.74, 6) is 0.834. The minimum absolute atomic E-state index is 0.146. The van der Waals surface area contributed by atoms with Gasteiger partial charge in [-0.05, 0) is 26.6 Å². The van der Waals surface area contributed by atoms with Gasteiger partial charge >= 0.3 is 6.03 Å². The number of aromatic nitrogens is 1. The Morgan fingerprint density at radius 1 is 1.33 bits per heavy atom. The third kappa shape index (κ3) is 5.36. The van der Waals surface area contributed by atoms with Crippen molar-refractivity contribution < 1.29 is 14.4 Å². The van der Waals surface area contributed by atoms with Crippen molar-refractivity contribution in [2.45, 2.75) is 13.0 Å². The molecule has 1 heterocycles. The number of hydrogen-bond acceptors (Lipinski definition) is 5. The predicted molar refractivity (Wildman–Crippen MR) is 91.7 cm³/mol. The first kappa shape index (κ1) is 18.0. The molecule has 2 atom stereocenters. The van der Waals surface area contributed by atoms with Gasteiger partial charge in [0.1, 0.15) is 5.76 Å². The van der Waals surface area contributed by atoms with Crippen LogP contribution in [0, 0.1) is 12.8 Å². The molecule has 7 heteroatoms. The molecule has 2 aromatic rings. The highest BCUT2D eigenvalue weighted by atomic mass is 16.5. The van der Waals surface area contributed by atoms with E-state index in [1.54, 1.807) is 13.0 Å². The molecule has 2 rings (SSSR count). The zero-order chi connectivity index (χ0) is 17.5. The van der Waals surface area contributed by atoms with Gasteiger partial charge in [-0.1, -0.05) is 35.5 Å². The van der Waals surface area contributed by atoms with Gasteiger partial charge in [0.2, 0.25) is 0 Å². The van der Waals surface area contributed by atoms with Crippen LogP contribution >= 0.6 is 0 Å². The van der Waals surface area contributed by atoms with Gasteiger partial charge < -0.3 is 19.8 Å². The fourth-order valence-corrected chi connectivity index (χ4v) is 2.48. The Balaban J connectivity index is 1.94. The highest BCUT2D eigenvalue weighted by Crippen LogP contribution is 2.22. The van der Waals surface area contributed by atoms with Crippen molar-refractivity contribution >= 4 is 11.8 Å². The van der Waals surface area contributed by atoms with Gasteiger partial charge in [0.25, 0.3) is 0 Å². The van der Waals surface area contributed by atoms with E-state index < -0.39 is 6.10 Å². The van der Waals surface area contributed by atoms with E-state index in [-0.39, 0.29) is 11.9 Å². The molecule has 0 radical (unpaired) electrons. The molecular weight excluding hydrogens is 308 g/mol. The normalized spacial score (nSPS) is 13.5. The van der Waals surface area contributed by atoms with E-state index in [1.165, 1.54) is 0 Å². The number of hydrogen-bond donors (Lipinski definition) is 3. The maximum Gasteiger partial charge on any atom is 0.320 e. The zero-order valence-corrected chi connectivity index (χ0v) is 14.2. The molecule has 24 heavy (non-hydrogen) atoms. The molecule has 0 saturated heterocycles. The van der Waals surface area contributed by atoms with E-state index in [2.05, 4.69) is 15.8 Å². The van der Waals surface area contributed by atoms with Crippen LogP contribution in [0.1, 0.15) is 17.4 Å². The Bertz CT molecular complexity index is 642. The summed E-state index contributed by atoms with van der Waals surface area (Å²) in [6, 6.07) is 10.7. The van der Waals surface area contributed by atoms with Crippen molar-refractivity contribution in [2.75, 3.05) is 32.5 Å². The lowest BCUT2D eigenvalue weighted by Crippen LogP contribution is -2.39. The first-order valence-electron chi connectivity index (χ1n) is 7.81. The minimum atomic E-state index is -0.664. The summed E-state index contributed by atoms with van der Waals surface area (Å²) < 4.78 is 4.90. The van der Waals surface area contributed by atoms with Crippen molar-refractivity contribution in [3.63, 3.8) is 0 Å². The maximum atomic E-state index is 12.0. The topological polar surface area (TPSA) is 90.6 Å². The van der Waals surface area contributed by atoms with Gasteiger partial charge in [0.15, 0.2) is 5.82 Å². The number of aliphatic hydroxyl groups excluding tert-OH is 1. The summed E-state index contributed by atoms with van der Waals surface area (Å²) in [6.45, 7) is 2.72. The molecule has 0 unspecified atom stereocenters. The molecule has 1 aromatic carbocycles. The van der Waals surface area contributed by atoms with Gasteiger partial charge in [-0.15, -0.1) is 0 Å². The SMILES string of the molecule is Cc1cc(NC(=O)NC[C@H](CN(C)C)[C@@H](O)c2ccccc2)no1. The number of carbonyl (C=O) groups is 1. The molecule has 0 spiro atoms. The monoisotopic (exact) mass is 332 g/mol. The number of anilines is 1. The molecule has 1 aromatic heterocycles. The standard InChI is InChI=1S/C17H24N4O3/c1-12-9-15(20-24-12)19-17(23)18-10-14(11-21(2)3)16(22)13-7-5-4-6-8-13/h4-9,14,16,22H,10-11H2,1-3H3,(H2,18,19,20,23)/t14-,16+/m1/s1. The summed E-state index contributed by atoms with van der Waals surface area (Å²) >= 11 is 0. The number of nitrogens with one attached hydrogen (secondary N) is 2. The van der Waals surface area contributed by atoms with E-state index in [0.29, 0.717) is 24.7 Å². The number of benzene rings is 1. The lowest BCUT2D eigenvalue weighted by atomic mass is 9.95. The van der Waals surface area contributed by atoms with Crippen molar-refractivity contribution in [3.8, 4) is 0 Å². The fraction of sp³-hybridized carbons (Fsp3) is 0.412. The molecule has 0 fully saturated rings. The third-order valence-corrected chi connectivity index (χ3v) is 3.58. The zero-order valence-electron chi connectivity index (χ0n) is 14.2. The Morgan fingerprint density at radius 2 is 2.04 bits per heavy atom. The number of urea groups is 1. The van der Waals surface area contributed by atoms with E-state index in [9.17, 15) is 9.90 Å². The summed E-state index contributed by atoms with van der Waals surface area (Å²) in [4.78, 5) is 14.0. The van der Waals surface area contributed by atoms with Gasteiger partial charge in [-0.25, -0.2) is 4.79 Å². The fourth-order valence-electron chi connectivity index (χ4n) is 2.48. The quantitative estimate of drug-likeness (QED) is 0.721. The van der Waals surface area contributed by atoms with Crippen LogP contribution in [0.15, 0.2) is 40.9 Å². The Morgan fingerprint density at radius 3 is 2.62 bits per heavy atom. The number of nitrogens with zero attached hydrogens (tertiary/aromatic N) is 2. The molecule has 0 aliphatic rings. The minimum Gasteiger partial charge on any atom is -0.388 e. The highest BCUT2D eigenvalue weighted by Gasteiger charge is 2.22. The van der Waals surface area contributed by atoms with Crippen molar-refractivity contribution in [1.82, 2.24) is 15.4 Å². The lowest BCUT2D eigenvalue weighted by molar-refractivity contribution is 0.0911. The maximum absolute atomic E-state index is 12.0. The largest absolute Gasteiger partial charge is 0.388 e. The van der Waals surface area contributed by atoms with Gasteiger partial charge in [0.05, 0.1) is 6.10 Å². The average molecular weight is 332 g/mol. The summed E-state index contributed by atoms with van der Waals surface area (Å²) in [7, 11) is 3.87. The smallest absolute Gasteiger partial charge is 0.320 e. The molecule has 3 N–H and O–H groups in total. The first-order chi connectivity index (χ1) is 11.5. The number of aryl methyl sites for hydroxylation is 1. The van der Waals surface area contributed by atoms with Crippen molar-refractivity contribution in [3.05, 3.63) is 47.7 Å². The van der Waals surface area contributed by atoms with Crippen LogP contribution in [0.4, 0.5) is 10.6 Å². The van der Waals surface area contributed by atoms with Crippen LogP contribution in [-0.4, -0.2) is 48.4 Å². The van der Waals surface area contributed by atoms with Crippen LogP contribution in [0.3, 0.4) is 0 Å².